The van der Waals surface area contributed by atoms with Gasteiger partial charge in [0, 0.05) is 6.54 Å². The number of carbonyl (C=O) groups excluding carboxylic acids is 1. The van der Waals surface area contributed by atoms with Gasteiger partial charge in [0.2, 0.25) is 0 Å². The van der Waals surface area contributed by atoms with Gasteiger partial charge in [-0.05, 0) is 25.7 Å². The second-order valence-corrected chi connectivity index (χ2v) is 7.46. The fraction of sp³-hybridized carbons (Fsp3) is 0.833. The molecule has 1 heterocycles. The van der Waals surface area contributed by atoms with Gasteiger partial charge in [0.15, 0.2) is 9.84 Å². The van der Waals surface area contributed by atoms with Gasteiger partial charge in [-0.1, -0.05) is 13.8 Å². The number of rotatable bonds is 6. The Hall–Kier alpha value is -1.31. The first-order valence-electron chi connectivity index (χ1n) is 6.78. The number of carbonyl (C=O) groups is 2. The van der Waals surface area contributed by atoms with Crippen LogP contribution >= 0.6 is 0 Å². The fourth-order valence-electron chi connectivity index (χ4n) is 2.34. The molecule has 1 saturated heterocycles. The normalized spacial score (nSPS) is 21.4. The highest BCUT2D eigenvalue weighted by molar-refractivity contribution is 7.92. The number of urea groups is 1. The lowest BCUT2D eigenvalue weighted by atomic mass is 9.93. The molecule has 0 aromatic carbocycles. The first-order chi connectivity index (χ1) is 9.27. The van der Waals surface area contributed by atoms with Gasteiger partial charge in [0.25, 0.3) is 0 Å². The molecule has 7 nitrogen and oxygen atoms in total. The molecule has 1 aliphatic rings. The lowest BCUT2D eigenvalue weighted by molar-refractivity contribution is -0.144. The number of hydrogen-bond acceptors (Lipinski definition) is 4. The van der Waals surface area contributed by atoms with Gasteiger partial charge < -0.3 is 15.7 Å². The average Bonchev–Trinajstić information content (AvgIpc) is 2.72. The zero-order valence-electron chi connectivity index (χ0n) is 11.8. The minimum atomic E-state index is -3.11. The summed E-state index contributed by atoms with van der Waals surface area (Å²) in [5.74, 6) is -0.935. The van der Waals surface area contributed by atoms with E-state index in [9.17, 15) is 23.1 Å². The quantitative estimate of drug-likeness (QED) is 0.661. The number of aliphatic carboxylic acids is 1. The van der Waals surface area contributed by atoms with Gasteiger partial charge in [-0.3, -0.25) is 0 Å². The molecule has 3 N–H and O–H groups in total. The second kappa shape index (κ2) is 6.43. The molecule has 2 amide bonds. The van der Waals surface area contributed by atoms with Gasteiger partial charge in [0.1, 0.15) is 5.54 Å². The average molecular weight is 306 g/mol. The zero-order chi connectivity index (χ0) is 15.4. The highest BCUT2D eigenvalue weighted by atomic mass is 32.2. The standard InChI is InChI=1S/C12H22N2O5S/c1-3-12(4-2,10(15)16)14-11(17)13-8-9-6-5-7-20(9,18)19/h9H,3-8H2,1-2H3,(H,15,16)(H2,13,14,17). The Balaban J connectivity index is 2.57. The summed E-state index contributed by atoms with van der Waals surface area (Å²) in [6, 6.07) is -0.641. The minimum absolute atomic E-state index is 0.0251. The van der Waals surface area contributed by atoms with E-state index in [4.69, 9.17) is 0 Å². The maximum absolute atomic E-state index is 11.8. The molecule has 0 saturated carbocycles. The van der Waals surface area contributed by atoms with Crippen LogP contribution in [0.3, 0.4) is 0 Å². The Labute approximate surface area is 119 Å². The molecule has 0 aliphatic carbocycles. The molecule has 0 radical (unpaired) electrons. The van der Waals surface area contributed by atoms with Crippen LogP contribution in [0.1, 0.15) is 39.5 Å². The summed E-state index contributed by atoms with van der Waals surface area (Å²) < 4.78 is 23.2. The van der Waals surface area contributed by atoms with Crippen LogP contribution in [-0.2, 0) is 14.6 Å². The molecule has 0 bridgehead atoms. The van der Waals surface area contributed by atoms with Crippen molar-refractivity contribution in [3.63, 3.8) is 0 Å². The van der Waals surface area contributed by atoms with Crippen LogP contribution in [0.25, 0.3) is 0 Å². The number of carboxylic acid groups (broad SMARTS) is 1. The number of hydrogen-bond donors (Lipinski definition) is 3. The van der Waals surface area contributed by atoms with Crippen molar-refractivity contribution in [1.82, 2.24) is 10.6 Å². The van der Waals surface area contributed by atoms with E-state index in [0.717, 1.165) is 0 Å². The van der Waals surface area contributed by atoms with Crippen LogP contribution in [0.5, 0.6) is 0 Å². The molecule has 1 atom stereocenters. The summed E-state index contributed by atoms with van der Waals surface area (Å²) in [7, 11) is -3.11. The highest BCUT2D eigenvalue weighted by Gasteiger charge is 2.37. The molecule has 8 heteroatoms. The third-order valence-corrected chi connectivity index (χ3v) is 6.20. The summed E-state index contributed by atoms with van der Waals surface area (Å²) in [6.45, 7) is 3.38. The molecule has 1 fully saturated rings. The van der Waals surface area contributed by atoms with Crippen molar-refractivity contribution in [2.24, 2.45) is 0 Å². The van der Waals surface area contributed by atoms with Crippen LogP contribution in [0.15, 0.2) is 0 Å². The molecule has 20 heavy (non-hydrogen) atoms. The Morgan fingerprint density at radius 3 is 2.30 bits per heavy atom. The van der Waals surface area contributed by atoms with Crippen LogP contribution < -0.4 is 10.6 Å². The molecule has 0 aromatic rings. The molecule has 0 aromatic heterocycles. The Kier molecular flexibility index (Phi) is 5.38. The van der Waals surface area contributed by atoms with Crippen molar-refractivity contribution >= 4 is 21.8 Å². The molecule has 1 aliphatic heterocycles. The smallest absolute Gasteiger partial charge is 0.329 e. The van der Waals surface area contributed by atoms with E-state index in [1.54, 1.807) is 13.8 Å². The number of sulfone groups is 1. The summed E-state index contributed by atoms with van der Waals surface area (Å²) >= 11 is 0. The highest BCUT2D eigenvalue weighted by Crippen LogP contribution is 2.19. The van der Waals surface area contributed by atoms with E-state index in [1.165, 1.54) is 0 Å². The lowest BCUT2D eigenvalue weighted by Gasteiger charge is -2.28. The third kappa shape index (κ3) is 3.62. The largest absolute Gasteiger partial charge is 0.480 e. The van der Waals surface area contributed by atoms with Crippen molar-refractivity contribution in [3.05, 3.63) is 0 Å². The van der Waals surface area contributed by atoms with Crippen molar-refractivity contribution in [1.29, 1.82) is 0 Å². The van der Waals surface area contributed by atoms with Crippen LogP contribution in [-0.4, -0.2) is 48.6 Å². The minimum Gasteiger partial charge on any atom is -0.480 e. The first-order valence-corrected chi connectivity index (χ1v) is 8.50. The van der Waals surface area contributed by atoms with Crippen LogP contribution in [0.4, 0.5) is 4.79 Å². The SMILES string of the molecule is CCC(CC)(NC(=O)NCC1CCCS1(=O)=O)C(=O)O. The van der Waals surface area contributed by atoms with Crippen LogP contribution in [0, 0.1) is 0 Å². The number of amides is 2. The van der Waals surface area contributed by atoms with Crippen molar-refractivity contribution in [3.8, 4) is 0 Å². The second-order valence-electron chi connectivity index (χ2n) is 5.06. The molecule has 116 valence electrons. The van der Waals surface area contributed by atoms with Gasteiger partial charge >= 0.3 is 12.0 Å². The van der Waals surface area contributed by atoms with E-state index >= 15 is 0 Å². The number of carboxylic acids is 1. The fourth-order valence-corrected chi connectivity index (χ4v) is 4.10. The predicted molar refractivity (Wildman–Crippen MR) is 74.3 cm³/mol. The maximum Gasteiger partial charge on any atom is 0.329 e. The Morgan fingerprint density at radius 1 is 1.30 bits per heavy atom. The summed E-state index contributed by atoms with van der Waals surface area (Å²) in [5, 5.41) is 13.5. The van der Waals surface area contributed by atoms with Crippen molar-refractivity contribution < 1.29 is 23.1 Å². The lowest BCUT2D eigenvalue weighted by Crippen LogP contribution is -2.57. The Morgan fingerprint density at radius 2 is 1.90 bits per heavy atom. The topological polar surface area (TPSA) is 113 Å². The van der Waals surface area contributed by atoms with E-state index in [2.05, 4.69) is 10.6 Å². The van der Waals surface area contributed by atoms with E-state index in [1.807, 2.05) is 0 Å². The van der Waals surface area contributed by atoms with Crippen LogP contribution in [0.2, 0.25) is 0 Å². The van der Waals surface area contributed by atoms with Crippen molar-refractivity contribution in [2.45, 2.75) is 50.3 Å². The number of nitrogens with one attached hydrogen (secondary N) is 2. The molecular weight excluding hydrogens is 284 g/mol. The zero-order valence-corrected chi connectivity index (χ0v) is 12.6. The third-order valence-electron chi connectivity index (χ3n) is 3.92. The molecule has 1 unspecified atom stereocenters. The summed E-state index contributed by atoms with van der Waals surface area (Å²) in [6.07, 6.45) is 1.66. The van der Waals surface area contributed by atoms with E-state index in [0.29, 0.717) is 12.8 Å². The monoisotopic (exact) mass is 306 g/mol. The van der Waals surface area contributed by atoms with E-state index in [-0.39, 0.29) is 25.1 Å². The summed E-state index contributed by atoms with van der Waals surface area (Å²) in [4.78, 5) is 23.0. The van der Waals surface area contributed by atoms with E-state index < -0.39 is 32.6 Å². The molecule has 0 spiro atoms. The van der Waals surface area contributed by atoms with Gasteiger partial charge in [-0.2, -0.15) is 0 Å². The van der Waals surface area contributed by atoms with Gasteiger partial charge in [-0.15, -0.1) is 0 Å². The Bertz CT molecular complexity index is 470. The summed E-state index contributed by atoms with van der Waals surface area (Å²) in [5.41, 5.74) is -1.31. The maximum atomic E-state index is 11.8. The predicted octanol–water partition coefficient (Wildman–Crippen LogP) is 0.506. The first kappa shape index (κ1) is 16.7. The van der Waals surface area contributed by atoms with Gasteiger partial charge in [-0.25, -0.2) is 18.0 Å². The van der Waals surface area contributed by atoms with Gasteiger partial charge in [0.05, 0.1) is 11.0 Å². The molecular formula is C12H22N2O5S. The molecule has 1 rings (SSSR count). The van der Waals surface area contributed by atoms with Crippen molar-refractivity contribution in [2.75, 3.05) is 12.3 Å².